The van der Waals surface area contributed by atoms with E-state index in [-0.39, 0.29) is 31.9 Å². The predicted octanol–water partition coefficient (Wildman–Crippen LogP) is 0.682. The number of nitrogens with one attached hydrogen (secondary N) is 2. The minimum Gasteiger partial charge on any atom is -0.361 e. The summed E-state index contributed by atoms with van der Waals surface area (Å²) in [5.74, 6) is -0.493. The fraction of sp³-hybridized carbons (Fsp3) is 0.368. The van der Waals surface area contributed by atoms with Gasteiger partial charge in [-0.05, 0) is 31.5 Å². The molecular formula is C19H24N6O4. The van der Waals surface area contributed by atoms with Crippen LogP contribution in [0.5, 0.6) is 0 Å². The summed E-state index contributed by atoms with van der Waals surface area (Å²) >= 11 is 0. The molecule has 0 aliphatic carbocycles. The summed E-state index contributed by atoms with van der Waals surface area (Å²) in [5, 5.41) is 9.16. The molecule has 1 saturated heterocycles. The maximum absolute atomic E-state index is 12.9. The second-order valence-corrected chi connectivity index (χ2v) is 6.77. The van der Waals surface area contributed by atoms with E-state index >= 15 is 0 Å². The van der Waals surface area contributed by atoms with Crippen molar-refractivity contribution in [3.05, 3.63) is 47.3 Å². The first-order chi connectivity index (χ1) is 13.9. The number of carbonyl (C=O) groups excluding carboxylic acids is 3. The van der Waals surface area contributed by atoms with Crippen LogP contribution in [0.2, 0.25) is 0 Å². The normalized spacial score (nSPS) is 16.0. The predicted molar refractivity (Wildman–Crippen MR) is 105 cm³/mol. The van der Waals surface area contributed by atoms with E-state index in [9.17, 15) is 14.4 Å². The lowest BCUT2D eigenvalue weighted by Crippen LogP contribution is -2.55. The van der Waals surface area contributed by atoms with Crippen LogP contribution < -0.4 is 16.4 Å². The van der Waals surface area contributed by atoms with E-state index in [1.807, 2.05) is 25.1 Å². The van der Waals surface area contributed by atoms with Crippen LogP contribution in [0.4, 0.5) is 10.5 Å². The van der Waals surface area contributed by atoms with Crippen molar-refractivity contribution in [2.45, 2.75) is 20.0 Å². The Bertz CT molecular complexity index is 912. The van der Waals surface area contributed by atoms with Gasteiger partial charge in [-0.15, -0.1) is 0 Å². The van der Waals surface area contributed by atoms with Crippen LogP contribution in [0.1, 0.15) is 21.8 Å². The highest BCUT2D eigenvalue weighted by atomic mass is 16.5. The van der Waals surface area contributed by atoms with E-state index in [1.165, 1.54) is 15.9 Å². The molecule has 2 aromatic rings. The lowest BCUT2D eigenvalue weighted by Gasteiger charge is -2.28. The lowest BCUT2D eigenvalue weighted by molar-refractivity contribution is -0.127. The molecule has 29 heavy (non-hydrogen) atoms. The third-order valence-electron chi connectivity index (χ3n) is 4.49. The molecule has 10 nitrogen and oxygen atoms in total. The van der Waals surface area contributed by atoms with Crippen molar-refractivity contribution in [3.8, 4) is 0 Å². The lowest BCUT2D eigenvalue weighted by atomic mass is 10.2. The molecule has 4 N–H and O–H groups in total. The largest absolute Gasteiger partial charge is 0.361 e. The van der Waals surface area contributed by atoms with Gasteiger partial charge in [-0.3, -0.25) is 14.5 Å². The first-order valence-electron chi connectivity index (χ1n) is 9.27. The SMILES string of the molecule is Cc1cccc(NC(=O)N2CCN(C(=O)c3cc(C)on3)C2C(=O)NCCN)c1. The number of nitrogens with zero attached hydrogens (tertiary/aromatic N) is 3. The second kappa shape index (κ2) is 8.74. The number of carbonyl (C=O) groups is 3. The zero-order valence-corrected chi connectivity index (χ0v) is 16.3. The summed E-state index contributed by atoms with van der Waals surface area (Å²) in [7, 11) is 0. The van der Waals surface area contributed by atoms with Crippen molar-refractivity contribution in [2.24, 2.45) is 5.73 Å². The first-order valence-corrected chi connectivity index (χ1v) is 9.27. The standard InChI is InChI=1S/C19H24N6O4/c1-12-4-3-5-14(10-12)22-19(28)25-9-8-24(17(25)16(26)21-7-6-20)18(27)15-11-13(2)29-23-15/h3-5,10-11,17H,6-9,20H2,1-2H3,(H,21,26)(H,22,28). The number of urea groups is 1. The van der Waals surface area contributed by atoms with E-state index in [4.69, 9.17) is 10.3 Å². The zero-order valence-electron chi connectivity index (χ0n) is 16.3. The second-order valence-electron chi connectivity index (χ2n) is 6.77. The molecule has 0 spiro atoms. The fourth-order valence-corrected chi connectivity index (χ4v) is 3.16. The Morgan fingerprint density at radius 1 is 1.21 bits per heavy atom. The van der Waals surface area contributed by atoms with Crippen molar-refractivity contribution < 1.29 is 18.9 Å². The van der Waals surface area contributed by atoms with Crippen LogP contribution in [-0.4, -0.2) is 65.1 Å². The molecule has 10 heteroatoms. The highest BCUT2D eigenvalue weighted by Crippen LogP contribution is 2.20. The molecule has 1 aliphatic heterocycles. The molecule has 0 saturated carbocycles. The molecule has 4 amide bonds. The maximum Gasteiger partial charge on any atom is 0.323 e. The van der Waals surface area contributed by atoms with Gasteiger partial charge in [0.05, 0.1) is 0 Å². The zero-order chi connectivity index (χ0) is 21.0. The summed E-state index contributed by atoms with van der Waals surface area (Å²) < 4.78 is 4.96. The average Bonchev–Trinajstić information content (AvgIpc) is 3.32. The van der Waals surface area contributed by atoms with Gasteiger partial charge >= 0.3 is 6.03 Å². The van der Waals surface area contributed by atoms with Gasteiger partial charge in [0.25, 0.3) is 11.8 Å². The quantitative estimate of drug-likeness (QED) is 0.676. The molecule has 3 rings (SSSR count). The van der Waals surface area contributed by atoms with Gasteiger partial charge in [0, 0.05) is 37.9 Å². The number of aromatic nitrogens is 1. The highest BCUT2D eigenvalue weighted by Gasteiger charge is 2.43. The number of amides is 4. The minimum atomic E-state index is -1.11. The molecule has 0 radical (unpaired) electrons. The van der Waals surface area contributed by atoms with Crippen LogP contribution >= 0.6 is 0 Å². The van der Waals surface area contributed by atoms with E-state index in [1.54, 1.807) is 13.0 Å². The monoisotopic (exact) mass is 400 g/mol. The molecule has 1 unspecified atom stereocenters. The van der Waals surface area contributed by atoms with Gasteiger partial charge in [-0.2, -0.15) is 0 Å². The molecule has 1 aromatic heterocycles. The van der Waals surface area contributed by atoms with E-state index in [2.05, 4.69) is 15.8 Å². The van der Waals surface area contributed by atoms with Crippen LogP contribution in [0.25, 0.3) is 0 Å². The summed E-state index contributed by atoms with van der Waals surface area (Å²) in [6.45, 7) is 4.43. The van der Waals surface area contributed by atoms with E-state index in [0.29, 0.717) is 11.4 Å². The number of nitrogens with two attached hydrogens (primary N) is 1. The third-order valence-corrected chi connectivity index (χ3v) is 4.49. The Morgan fingerprint density at radius 2 is 1.97 bits per heavy atom. The maximum atomic E-state index is 12.9. The van der Waals surface area contributed by atoms with E-state index in [0.717, 1.165) is 5.56 Å². The van der Waals surface area contributed by atoms with Crippen molar-refractivity contribution in [1.82, 2.24) is 20.3 Å². The molecule has 1 aromatic carbocycles. The number of hydrogen-bond donors (Lipinski definition) is 3. The van der Waals surface area contributed by atoms with Gasteiger partial charge in [-0.25, -0.2) is 4.79 Å². The number of rotatable bonds is 5. The molecular weight excluding hydrogens is 376 g/mol. The molecule has 1 fully saturated rings. The third kappa shape index (κ3) is 4.54. The van der Waals surface area contributed by atoms with Crippen molar-refractivity contribution >= 4 is 23.5 Å². The van der Waals surface area contributed by atoms with Gasteiger partial charge in [0.15, 0.2) is 11.9 Å². The number of hydrogen-bond acceptors (Lipinski definition) is 6. The van der Waals surface area contributed by atoms with Gasteiger partial charge in [0.2, 0.25) is 0 Å². The molecule has 1 atom stereocenters. The highest BCUT2D eigenvalue weighted by molar-refractivity contribution is 5.99. The van der Waals surface area contributed by atoms with Gasteiger partial charge in [-0.1, -0.05) is 17.3 Å². The van der Waals surface area contributed by atoms with E-state index < -0.39 is 24.0 Å². The fourth-order valence-electron chi connectivity index (χ4n) is 3.16. The molecule has 2 heterocycles. The topological polar surface area (TPSA) is 134 Å². The van der Waals surface area contributed by atoms with Crippen LogP contribution in [0.15, 0.2) is 34.9 Å². The van der Waals surface area contributed by atoms with Crippen molar-refractivity contribution in [2.75, 3.05) is 31.5 Å². The Labute approximate surface area is 168 Å². The molecule has 0 bridgehead atoms. The van der Waals surface area contributed by atoms with Gasteiger partial charge < -0.3 is 25.8 Å². The van der Waals surface area contributed by atoms with Gasteiger partial charge in [0.1, 0.15) is 5.76 Å². The molecule has 154 valence electrons. The summed E-state index contributed by atoms with van der Waals surface area (Å²) in [6, 6.07) is 8.32. The number of anilines is 1. The molecule has 1 aliphatic rings. The first kappa shape index (κ1) is 20.3. The Balaban J connectivity index is 1.82. The smallest absolute Gasteiger partial charge is 0.323 e. The minimum absolute atomic E-state index is 0.0834. The average molecular weight is 400 g/mol. The van der Waals surface area contributed by atoms with Crippen LogP contribution in [-0.2, 0) is 4.79 Å². The van der Waals surface area contributed by atoms with Crippen LogP contribution in [0, 0.1) is 13.8 Å². The summed E-state index contributed by atoms with van der Waals surface area (Å²) in [5.41, 5.74) is 7.14. The summed E-state index contributed by atoms with van der Waals surface area (Å²) in [6.07, 6.45) is -1.11. The Hall–Kier alpha value is -3.40. The summed E-state index contributed by atoms with van der Waals surface area (Å²) in [4.78, 5) is 41.1. The van der Waals surface area contributed by atoms with Crippen molar-refractivity contribution in [3.63, 3.8) is 0 Å². The van der Waals surface area contributed by atoms with Crippen LogP contribution in [0.3, 0.4) is 0 Å². The Kier molecular flexibility index (Phi) is 6.13. The Morgan fingerprint density at radius 3 is 2.62 bits per heavy atom. The number of benzene rings is 1. The van der Waals surface area contributed by atoms with Crippen molar-refractivity contribution in [1.29, 1.82) is 0 Å². The number of aryl methyl sites for hydroxylation is 2.